The predicted molar refractivity (Wildman–Crippen MR) is 126 cm³/mol. The number of benzene rings is 1. The van der Waals surface area contributed by atoms with E-state index in [1.165, 1.54) is 12.3 Å². The Morgan fingerprint density at radius 1 is 1.15 bits per heavy atom. The number of alkyl halides is 1. The molecule has 4 rings (SSSR count). The number of anilines is 2. The molecule has 0 atom stereocenters. The minimum Gasteiger partial charge on any atom is -0.370 e. The van der Waals surface area contributed by atoms with Gasteiger partial charge in [0.1, 0.15) is 6.17 Å². The Bertz CT molecular complexity index is 1100. The summed E-state index contributed by atoms with van der Waals surface area (Å²) in [5.41, 5.74) is 2.08. The molecule has 2 saturated heterocycles. The second kappa shape index (κ2) is 9.86. The Balaban J connectivity index is 1.32. The maximum absolute atomic E-state index is 13.5. The van der Waals surface area contributed by atoms with Crippen molar-refractivity contribution in [3.8, 4) is 0 Å². The van der Waals surface area contributed by atoms with E-state index < -0.39 is 16.2 Å². The molecule has 2 fully saturated rings. The first kappa shape index (κ1) is 23.8. The summed E-state index contributed by atoms with van der Waals surface area (Å²) in [6.07, 6.45) is 2.80. The van der Waals surface area contributed by atoms with Crippen molar-refractivity contribution < 1.29 is 17.6 Å². The molecule has 3 heterocycles. The lowest BCUT2D eigenvalue weighted by Crippen LogP contribution is -2.49. The summed E-state index contributed by atoms with van der Waals surface area (Å²) < 4.78 is 39.6. The van der Waals surface area contributed by atoms with E-state index in [2.05, 4.69) is 25.7 Å². The third-order valence-corrected chi connectivity index (χ3v) is 6.80. The fourth-order valence-corrected chi connectivity index (χ4v) is 4.89. The molecule has 1 aromatic heterocycles. The first-order chi connectivity index (χ1) is 15.7. The largest absolute Gasteiger partial charge is 0.370 e. The maximum atomic E-state index is 13.5. The van der Waals surface area contributed by atoms with Crippen LogP contribution in [0.2, 0.25) is 5.02 Å². The SMILES string of the molecule is CS(=O)(=O)Nc1ccn(C(=O)N2CCN(Cc3ccc(Cl)c(N4CCC(F)CC4)c3)CC2)n1. The van der Waals surface area contributed by atoms with Crippen LogP contribution in [0.25, 0.3) is 0 Å². The van der Waals surface area contributed by atoms with Gasteiger partial charge in [0.15, 0.2) is 5.82 Å². The molecular weight excluding hydrogens is 471 g/mol. The highest BCUT2D eigenvalue weighted by Crippen LogP contribution is 2.30. The smallest absolute Gasteiger partial charge is 0.344 e. The van der Waals surface area contributed by atoms with E-state index in [1.807, 2.05) is 12.1 Å². The highest BCUT2D eigenvalue weighted by Gasteiger charge is 2.24. The van der Waals surface area contributed by atoms with E-state index in [-0.39, 0.29) is 11.8 Å². The molecule has 0 aliphatic carbocycles. The summed E-state index contributed by atoms with van der Waals surface area (Å²) in [6, 6.07) is 7.14. The van der Waals surface area contributed by atoms with Crippen LogP contribution in [-0.4, -0.2) is 85.7 Å². The van der Waals surface area contributed by atoms with Crippen molar-refractivity contribution >= 4 is 39.2 Å². The molecule has 33 heavy (non-hydrogen) atoms. The summed E-state index contributed by atoms with van der Waals surface area (Å²) in [5.74, 6) is 0.110. The lowest BCUT2D eigenvalue weighted by Gasteiger charge is -2.35. The van der Waals surface area contributed by atoms with Gasteiger partial charge in [0, 0.05) is 58.1 Å². The molecule has 1 aromatic carbocycles. The summed E-state index contributed by atoms with van der Waals surface area (Å²) in [4.78, 5) is 18.8. The highest BCUT2D eigenvalue weighted by atomic mass is 35.5. The summed E-state index contributed by atoms with van der Waals surface area (Å²) >= 11 is 6.42. The van der Waals surface area contributed by atoms with Crippen molar-refractivity contribution in [1.82, 2.24) is 19.6 Å². The lowest BCUT2D eigenvalue weighted by atomic mass is 10.1. The van der Waals surface area contributed by atoms with Gasteiger partial charge in [-0.2, -0.15) is 4.68 Å². The second-order valence-corrected chi connectivity index (χ2v) is 10.7. The molecule has 2 aliphatic heterocycles. The van der Waals surface area contributed by atoms with E-state index in [0.29, 0.717) is 57.1 Å². The van der Waals surface area contributed by atoms with Gasteiger partial charge in [-0.05, 0) is 30.5 Å². The summed E-state index contributed by atoms with van der Waals surface area (Å²) in [7, 11) is -3.45. The fourth-order valence-electron chi connectivity index (χ4n) is 4.16. The van der Waals surface area contributed by atoms with E-state index in [1.54, 1.807) is 4.90 Å². The molecule has 2 aromatic rings. The average molecular weight is 499 g/mol. The van der Waals surface area contributed by atoms with Gasteiger partial charge in [-0.15, -0.1) is 5.10 Å². The first-order valence-corrected chi connectivity index (χ1v) is 13.2. The molecule has 0 bridgehead atoms. The normalized spacial score (nSPS) is 18.5. The standard InChI is InChI=1S/C21H28ClFN6O3S/c1-33(31,32)25-20-6-9-29(24-20)21(30)28-12-10-26(11-13-28)15-16-2-3-18(22)19(14-16)27-7-4-17(23)5-8-27/h2-3,6,9,14,17H,4-5,7-8,10-13,15H2,1H3,(H,24,25). The van der Waals surface area contributed by atoms with Crippen LogP contribution in [0.15, 0.2) is 30.5 Å². The van der Waals surface area contributed by atoms with Crippen molar-refractivity contribution in [1.29, 1.82) is 0 Å². The van der Waals surface area contributed by atoms with Crippen LogP contribution in [-0.2, 0) is 16.6 Å². The molecule has 2 aliphatic rings. The Morgan fingerprint density at radius 2 is 1.85 bits per heavy atom. The summed E-state index contributed by atoms with van der Waals surface area (Å²) in [5, 5.41) is 4.68. The number of hydrogen-bond acceptors (Lipinski definition) is 6. The van der Waals surface area contributed by atoms with Crippen LogP contribution in [0.3, 0.4) is 0 Å². The van der Waals surface area contributed by atoms with Gasteiger partial charge >= 0.3 is 6.03 Å². The Morgan fingerprint density at radius 3 is 2.52 bits per heavy atom. The van der Waals surface area contributed by atoms with E-state index in [0.717, 1.165) is 28.7 Å². The third kappa shape index (κ3) is 6.15. The van der Waals surface area contributed by atoms with Crippen molar-refractivity contribution in [2.75, 3.05) is 55.1 Å². The van der Waals surface area contributed by atoms with E-state index in [4.69, 9.17) is 11.6 Å². The number of hydrogen-bond donors (Lipinski definition) is 1. The minimum absolute atomic E-state index is 0.110. The number of rotatable bonds is 5. The molecular formula is C21H28ClFN6O3S. The zero-order valence-electron chi connectivity index (χ0n) is 18.5. The second-order valence-electron chi connectivity index (χ2n) is 8.51. The quantitative estimate of drug-likeness (QED) is 0.681. The number of piperidine rings is 1. The van der Waals surface area contributed by atoms with Crippen LogP contribution in [0, 0.1) is 0 Å². The van der Waals surface area contributed by atoms with Gasteiger partial charge in [0.05, 0.1) is 17.0 Å². The number of aromatic nitrogens is 2. The number of halogens is 2. The van der Waals surface area contributed by atoms with E-state index >= 15 is 0 Å². The Kier molecular flexibility index (Phi) is 7.10. The van der Waals surface area contributed by atoms with Gasteiger partial charge < -0.3 is 9.80 Å². The molecule has 1 N–H and O–H groups in total. The van der Waals surface area contributed by atoms with Crippen molar-refractivity contribution in [3.05, 3.63) is 41.0 Å². The zero-order chi connectivity index (χ0) is 23.6. The van der Waals surface area contributed by atoms with Crippen LogP contribution in [0.1, 0.15) is 18.4 Å². The third-order valence-electron chi connectivity index (χ3n) is 5.90. The van der Waals surface area contributed by atoms with Gasteiger partial charge in [0.25, 0.3) is 0 Å². The number of sulfonamides is 1. The van der Waals surface area contributed by atoms with Crippen molar-refractivity contribution in [2.45, 2.75) is 25.6 Å². The number of amides is 1. The molecule has 0 saturated carbocycles. The van der Waals surface area contributed by atoms with Gasteiger partial charge in [-0.1, -0.05) is 17.7 Å². The molecule has 1 amide bonds. The molecule has 180 valence electrons. The topological polar surface area (TPSA) is 90.8 Å². The van der Waals surface area contributed by atoms with Crippen molar-refractivity contribution in [3.63, 3.8) is 0 Å². The van der Waals surface area contributed by atoms with Gasteiger partial charge in [-0.25, -0.2) is 17.6 Å². The number of nitrogens with zero attached hydrogens (tertiary/aromatic N) is 5. The van der Waals surface area contributed by atoms with Crippen LogP contribution < -0.4 is 9.62 Å². The minimum atomic E-state index is -3.45. The number of carbonyl (C=O) groups excluding carboxylic acids is 1. The summed E-state index contributed by atoms with van der Waals surface area (Å²) in [6.45, 7) is 4.55. The monoisotopic (exact) mass is 498 g/mol. The molecule has 0 spiro atoms. The molecule has 12 heteroatoms. The van der Waals surface area contributed by atoms with Gasteiger partial charge in [-0.3, -0.25) is 9.62 Å². The molecule has 9 nitrogen and oxygen atoms in total. The number of piperazine rings is 1. The average Bonchev–Trinajstić information content (AvgIpc) is 3.22. The zero-order valence-corrected chi connectivity index (χ0v) is 20.0. The Labute approximate surface area is 198 Å². The highest BCUT2D eigenvalue weighted by molar-refractivity contribution is 7.92. The Hall–Kier alpha value is -2.37. The number of nitrogens with one attached hydrogen (secondary N) is 1. The lowest BCUT2D eigenvalue weighted by molar-refractivity contribution is 0.134. The number of carbonyl (C=O) groups is 1. The van der Waals surface area contributed by atoms with Crippen LogP contribution in [0.4, 0.5) is 20.7 Å². The van der Waals surface area contributed by atoms with E-state index in [9.17, 15) is 17.6 Å². The predicted octanol–water partition coefficient (Wildman–Crippen LogP) is 2.63. The fraction of sp³-hybridized carbons (Fsp3) is 0.524. The molecule has 0 unspecified atom stereocenters. The first-order valence-electron chi connectivity index (χ1n) is 10.9. The maximum Gasteiger partial charge on any atom is 0.344 e. The van der Waals surface area contributed by atoms with Crippen LogP contribution in [0.5, 0.6) is 0 Å². The van der Waals surface area contributed by atoms with Crippen LogP contribution >= 0.6 is 11.6 Å². The molecule has 0 radical (unpaired) electrons. The van der Waals surface area contributed by atoms with Gasteiger partial charge in [0.2, 0.25) is 10.0 Å². The van der Waals surface area contributed by atoms with Crippen molar-refractivity contribution in [2.24, 2.45) is 0 Å².